The van der Waals surface area contributed by atoms with Crippen molar-refractivity contribution in [3.05, 3.63) is 5.82 Å². The molecule has 2 aliphatic heterocycles. The van der Waals surface area contributed by atoms with Gasteiger partial charge >= 0.3 is 0 Å². The molecule has 1 aromatic rings. The molecule has 0 aromatic carbocycles. The third-order valence-corrected chi connectivity index (χ3v) is 3.65. The van der Waals surface area contributed by atoms with Crippen LogP contribution in [0.15, 0.2) is 0 Å². The largest absolute Gasteiger partial charge is 0.340 e. The van der Waals surface area contributed by atoms with Gasteiger partial charge in [0.2, 0.25) is 5.95 Å². The van der Waals surface area contributed by atoms with Crippen molar-refractivity contribution in [2.24, 2.45) is 0 Å². The number of anilines is 1. The van der Waals surface area contributed by atoms with Crippen LogP contribution in [0.5, 0.6) is 0 Å². The zero-order chi connectivity index (χ0) is 11.0. The maximum absolute atomic E-state index is 4.67. The number of hydrogen-bond acceptors (Lipinski definition) is 4. The minimum Gasteiger partial charge on any atom is -0.340 e. The van der Waals surface area contributed by atoms with Gasteiger partial charge in [-0.25, -0.2) is 4.68 Å². The first kappa shape index (κ1) is 10.1. The van der Waals surface area contributed by atoms with E-state index in [9.17, 15) is 0 Å². The molecule has 2 aliphatic rings. The number of nitrogens with one attached hydrogen (secondary N) is 1. The molecule has 88 valence electrons. The summed E-state index contributed by atoms with van der Waals surface area (Å²) >= 11 is 0. The summed E-state index contributed by atoms with van der Waals surface area (Å²) in [6.45, 7) is 3.25. The quantitative estimate of drug-likeness (QED) is 0.786. The predicted molar refractivity (Wildman–Crippen MR) is 62.6 cm³/mol. The van der Waals surface area contributed by atoms with Gasteiger partial charge in [0.1, 0.15) is 5.82 Å². The number of hydrogen-bond donors (Lipinski definition) is 1. The van der Waals surface area contributed by atoms with E-state index in [2.05, 4.69) is 25.0 Å². The lowest BCUT2D eigenvalue weighted by Gasteiger charge is -2.20. The molecule has 1 saturated heterocycles. The van der Waals surface area contributed by atoms with Gasteiger partial charge in [0, 0.05) is 32.1 Å². The molecule has 5 heteroatoms. The minimum absolute atomic E-state index is 0.572. The Morgan fingerprint density at radius 2 is 2.06 bits per heavy atom. The van der Waals surface area contributed by atoms with Crippen LogP contribution in [0.25, 0.3) is 0 Å². The fraction of sp³-hybridized carbons (Fsp3) is 0.818. The third kappa shape index (κ3) is 1.69. The van der Waals surface area contributed by atoms with Crippen LogP contribution < -0.4 is 10.2 Å². The van der Waals surface area contributed by atoms with Crippen molar-refractivity contribution in [1.82, 2.24) is 20.1 Å². The molecular formula is C11H19N5. The normalized spacial score (nSPS) is 24.8. The van der Waals surface area contributed by atoms with Crippen molar-refractivity contribution in [2.45, 2.75) is 38.3 Å². The molecule has 0 spiro atoms. The van der Waals surface area contributed by atoms with E-state index in [4.69, 9.17) is 0 Å². The van der Waals surface area contributed by atoms with Gasteiger partial charge in [0.25, 0.3) is 0 Å². The lowest BCUT2D eigenvalue weighted by atomic mass is 10.1. The van der Waals surface area contributed by atoms with E-state index in [0.29, 0.717) is 6.04 Å². The summed E-state index contributed by atoms with van der Waals surface area (Å²) in [6, 6.07) is 0.572. The smallest absolute Gasteiger partial charge is 0.244 e. The van der Waals surface area contributed by atoms with Gasteiger partial charge in [-0.1, -0.05) is 0 Å². The van der Waals surface area contributed by atoms with Gasteiger partial charge < -0.3 is 10.2 Å². The lowest BCUT2D eigenvalue weighted by Crippen LogP contribution is -2.34. The predicted octanol–water partition coefficient (Wildman–Crippen LogP) is 0.412. The molecule has 0 amide bonds. The molecule has 16 heavy (non-hydrogen) atoms. The van der Waals surface area contributed by atoms with Crippen LogP contribution in [0.3, 0.4) is 0 Å². The number of aryl methyl sites for hydroxylation is 1. The number of nitrogens with zero attached hydrogens (tertiary/aromatic N) is 4. The summed E-state index contributed by atoms with van der Waals surface area (Å²) in [5.74, 6) is 2.09. The van der Waals surface area contributed by atoms with Crippen molar-refractivity contribution >= 4 is 5.95 Å². The monoisotopic (exact) mass is 221 g/mol. The summed E-state index contributed by atoms with van der Waals surface area (Å²) in [4.78, 5) is 6.97. The molecule has 0 bridgehead atoms. The van der Waals surface area contributed by atoms with Gasteiger partial charge in [0.05, 0.1) is 0 Å². The molecule has 1 N–H and O–H groups in total. The summed E-state index contributed by atoms with van der Waals surface area (Å²) in [5.41, 5.74) is 0. The molecule has 0 radical (unpaired) electrons. The summed E-state index contributed by atoms with van der Waals surface area (Å²) < 4.78 is 2.08. The average Bonchev–Trinajstić information content (AvgIpc) is 2.96. The van der Waals surface area contributed by atoms with E-state index in [1.54, 1.807) is 0 Å². The first-order chi connectivity index (χ1) is 7.86. The van der Waals surface area contributed by atoms with E-state index in [0.717, 1.165) is 44.2 Å². The van der Waals surface area contributed by atoms with Crippen LogP contribution in [0.2, 0.25) is 0 Å². The highest BCUT2D eigenvalue weighted by Crippen LogP contribution is 2.20. The molecular weight excluding hydrogens is 202 g/mol. The minimum atomic E-state index is 0.572. The van der Waals surface area contributed by atoms with E-state index >= 15 is 0 Å². The molecule has 0 saturated carbocycles. The van der Waals surface area contributed by atoms with E-state index in [-0.39, 0.29) is 0 Å². The third-order valence-electron chi connectivity index (χ3n) is 3.65. The Balaban J connectivity index is 1.80. The highest BCUT2D eigenvalue weighted by atomic mass is 15.4. The van der Waals surface area contributed by atoms with Crippen molar-refractivity contribution in [2.75, 3.05) is 25.0 Å². The van der Waals surface area contributed by atoms with E-state index in [1.165, 1.54) is 12.8 Å². The zero-order valence-corrected chi connectivity index (χ0v) is 9.82. The Morgan fingerprint density at radius 1 is 1.25 bits per heavy atom. The second kappa shape index (κ2) is 4.05. The average molecular weight is 221 g/mol. The fourth-order valence-electron chi connectivity index (χ4n) is 2.59. The van der Waals surface area contributed by atoms with Crippen LogP contribution in [0.4, 0.5) is 5.95 Å². The Kier molecular flexibility index (Phi) is 2.55. The Bertz CT molecular complexity index is 366. The van der Waals surface area contributed by atoms with E-state index in [1.807, 2.05) is 7.05 Å². The van der Waals surface area contributed by atoms with Gasteiger partial charge in [-0.3, -0.25) is 0 Å². The van der Waals surface area contributed by atoms with Crippen LogP contribution in [0.1, 0.15) is 25.1 Å². The van der Waals surface area contributed by atoms with Crippen molar-refractivity contribution in [1.29, 1.82) is 0 Å². The second-order valence-electron chi connectivity index (χ2n) is 4.72. The molecule has 1 fully saturated rings. The molecule has 0 aliphatic carbocycles. The highest BCUT2D eigenvalue weighted by Gasteiger charge is 2.23. The number of aromatic nitrogens is 3. The maximum Gasteiger partial charge on any atom is 0.244 e. The van der Waals surface area contributed by atoms with Crippen LogP contribution in [-0.2, 0) is 13.0 Å². The maximum atomic E-state index is 4.67. The Labute approximate surface area is 95.8 Å². The zero-order valence-electron chi connectivity index (χ0n) is 9.82. The molecule has 1 unspecified atom stereocenters. The lowest BCUT2D eigenvalue weighted by molar-refractivity contribution is 0.393. The second-order valence-corrected chi connectivity index (χ2v) is 4.72. The summed E-state index contributed by atoms with van der Waals surface area (Å²) in [7, 11) is 2.03. The first-order valence-electron chi connectivity index (χ1n) is 6.23. The topological polar surface area (TPSA) is 46.0 Å². The number of fused-ring (bicyclic) bond motifs is 1. The van der Waals surface area contributed by atoms with Gasteiger partial charge in [0.15, 0.2) is 0 Å². The van der Waals surface area contributed by atoms with Crippen LogP contribution in [0, 0.1) is 0 Å². The van der Waals surface area contributed by atoms with E-state index < -0.39 is 0 Å². The van der Waals surface area contributed by atoms with Crippen molar-refractivity contribution in [3.8, 4) is 0 Å². The highest BCUT2D eigenvalue weighted by molar-refractivity contribution is 5.30. The fourth-order valence-corrected chi connectivity index (χ4v) is 2.59. The Morgan fingerprint density at radius 3 is 2.81 bits per heavy atom. The first-order valence-corrected chi connectivity index (χ1v) is 6.23. The summed E-state index contributed by atoms with van der Waals surface area (Å²) in [6.07, 6.45) is 4.73. The number of likely N-dealkylation sites (N-methyl/N-ethyl adjacent to an activating group) is 1. The van der Waals surface area contributed by atoms with Gasteiger partial charge in [-0.15, -0.1) is 5.10 Å². The Hall–Kier alpha value is -1.10. The van der Waals surface area contributed by atoms with Gasteiger partial charge in [-0.2, -0.15) is 4.98 Å². The van der Waals surface area contributed by atoms with Crippen molar-refractivity contribution < 1.29 is 0 Å². The van der Waals surface area contributed by atoms with Crippen LogP contribution >= 0.6 is 0 Å². The molecule has 3 heterocycles. The molecule has 3 rings (SSSR count). The standard InChI is InChI=1S/C11H19N5/c1-12-9-4-7-16-10(8-9)13-11(14-16)15-5-2-3-6-15/h9,12H,2-8H2,1H3. The van der Waals surface area contributed by atoms with Crippen molar-refractivity contribution in [3.63, 3.8) is 0 Å². The molecule has 1 aromatic heterocycles. The molecule has 1 atom stereocenters. The van der Waals surface area contributed by atoms with Crippen LogP contribution in [-0.4, -0.2) is 40.9 Å². The summed E-state index contributed by atoms with van der Waals surface area (Å²) in [5, 5.41) is 7.93. The SMILES string of the molecule is CNC1CCn2nc(N3CCCC3)nc2C1. The molecule has 5 nitrogen and oxygen atoms in total. The number of rotatable bonds is 2. The van der Waals surface area contributed by atoms with Gasteiger partial charge in [-0.05, 0) is 26.3 Å².